The van der Waals surface area contributed by atoms with E-state index in [1.54, 1.807) is 7.05 Å². The number of hydrogen-bond donors (Lipinski definition) is 1. The van der Waals surface area contributed by atoms with E-state index in [1.807, 2.05) is 13.8 Å². The number of anilines is 2. The summed E-state index contributed by atoms with van der Waals surface area (Å²) >= 11 is 0. The average molecular weight is 295 g/mol. The van der Waals surface area contributed by atoms with Crippen molar-refractivity contribution in [3.63, 3.8) is 0 Å². The van der Waals surface area contributed by atoms with Gasteiger partial charge in [0.05, 0.1) is 6.10 Å². The van der Waals surface area contributed by atoms with Crippen LogP contribution < -0.4 is 15.0 Å². The molecule has 0 aliphatic heterocycles. The molecule has 0 unspecified atom stereocenters. The Bertz CT molecular complexity index is 403. The molecule has 0 aliphatic carbocycles. The average Bonchev–Trinajstić information content (AvgIpc) is 2.46. The van der Waals surface area contributed by atoms with Gasteiger partial charge >= 0.3 is 6.01 Å². The predicted molar refractivity (Wildman–Crippen MR) is 87.2 cm³/mol. The van der Waals surface area contributed by atoms with Gasteiger partial charge < -0.3 is 15.0 Å². The number of nitrogens with one attached hydrogen (secondary N) is 1. The third-order valence-corrected chi connectivity index (χ3v) is 3.01. The molecule has 1 rings (SSSR count). The number of ether oxygens (including phenoxy) is 1. The lowest BCUT2D eigenvalue weighted by Crippen LogP contribution is -2.28. The largest absolute Gasteiger partial charge is 0.461 e. The molecule has 0 radical (unpaired) electrons. The molecule has 0 aromatic carbocycles. The van der Waals surface area contributed by atoms with Gasteiger partial charge in [0.25, 0.3) is 0 Å². The zero-order valence-corrected chi connectivity index (χ0v) is 14.0. The predicted octanol–water partition coefficient (Wildman–Crippen LogP) is 3.11. The number of unbranched alkanes of at least 4 members (excludes halogenated alkanes) is 2. The lowest BCUT2D eigenvalue weighted by molar-refractivity contribution is 0.222. The van der Waals surface area contributed by atoms with Crippen molar-refractivity contribution >= 4 is 11.9 Å². The van der Waals surface area contributed by atoms with E-state index in [4.69, 9.17) is 4.74 Å². The fourth-order valence-electron chi connectivity index (χ4n) is 1.87. The van der Waals surface area contributed by atoms with Crippen LogP contribution in [-0.4, -0.2) is 41.2 Å². The van der Waals surface area contributed by atoms with E-state index in [-0.39, 0.29) is 6.10 Å². The standard InChI is InChI=1S/C15H29N5O/c1-6-8-10-20(11-9-7-2)14-17-13(16-5)18-15(19-14)21-12(3)4/h12H,6-11H2,1-5H3,(H,16,17,18,19). The molecular weight excluding hydrogens is 266 g/mol. The molecule has 0 aliphatic rings. The minimum absolute atomic E-state index is 0.0460. The maximum Gasteiger partial charge on any atom is 0.323 e. The first-order chi connectivity index (χ1) is 10.1. The van der Waals surface area contributed by atoms with Crippen LogP contribution in [0.2, 0.25) is 0 Å². The van der Waals surface area contributed by atoms with Crippen LogP contribution in [0.1, 0.15) is 53.4 Å². The van der Waals surface area contributed by atoms with Gasteiger partial charge in [-0.25, -0.2) is 0 Å². The van der Waals surface area contributed by atoms with Gasteiger partial charge in [0.1, 0.15) is 0 Å². The SMILES string of the molecule is CCCCN(CCCC)c1nc(NC)nc(OC(C)C)n1. The van der Waals surface area contributed by atoms with Gasteiger partial charge in [-0.3, -0.25) is 0 Å². The van der Waals surface area contributed by atoms with Crippen molar-refractivity contribution in [2.24, 2.45) is 0 Å². The van der Waals surface area contributed by atoms with Crippen molar-refractivity contribution in [2.45, 2.75) is 59.5 Å². The highest BCUT2D eigenvalue weighted by atomic mass is 16.5. The molecule has 0 atom stereocenters. The van der Waals surface area contributed by atoms with Crippen LogP contribution in [-0.2, 0) is 0 Å². The first-order valence-corrected chi connectivity index (χ1v) is 7.96. The van der Waals surface area contributed by atoms with Gasteiger partial charge in [0.15, 0.2) is 0 Å². The second kappa shape index (κ2) is 9.37. The smallest absolute Gasteiger partial charge is 0.323 e. The minimum Gasteiger partial charge on any atom is -0.461 e. The van der Waals surface area contributed by atoms with Crippen LogP contribution >= 0.6 is 0 Å². The van der Waals surface area contributed by atoms with Crippen LogP contribution in [0.3, 0.4) is 0 Å². The van der Waals surface area contributed by atoms with Gasteiger partial charge in [0.2, 0.25) is 11.9 Å². The normalized spacial score (nSPS) is 10.8. The first-order valence-electron chi connectivity index (χ1n) is 7.96. The Hall–Kier alpha value is -1.59. The Morgan fingerprint density at radius 3 is 2.14 bits per heavy atom. The van der Waals surface area contributed by atoms with Gasteiger partial charge in [0, 0.05) is 20.1 Å². The van der Waals surface area contributed by atoms with Crippen LogP contribution in [0.4, 0.5) is 11.9 Å². The van der Waals surface area contributed by atoms with E-state index >= 15 is 0 Å². The molecule has 6 heteroatoms. The Morgan fingerprint density at radius 1 is 1.05 bits per heavy atom. The van der Waals surface area contributed by atoms with Gasteiger partial charge in [-0.15, -0.1) is 0 Å². The molecule has 6 nitrogen and oxygen atoms in total. The Morgan fingerprint density at radius 2 is 1.67 bits per heavy atom. The molecule has 0 saturated carbocycles. The van der Waals surface area contributed by atoms with Crippen LogP contribution in [0, 0.1) is 0 Å². The van der Waals surface area contributed by atoms with E-state index in [9.17, 15) is 0 Å². The van der Waals surface area contributed by atoms with Crippen molar-refractivity contribution in [1.29, 1.82) is 0 Å². The fraction of sp³-hybridized carbons (Fsp3) is 0.800. The van der Waals surface area contributed by atoms with Crippen molar-refractivity contribution in [3.05, 3.63) is 0 Å². The summed E-state index contributed by atoms with van der Waals surface area (Å²) in [5.41, 5.74) is 0. The van der Waals surface area contributed by atoms with Crippen molar-refractivity contribution in [1.82, 2.24) is 15.0 Å². The number of nitrogens with zero attached hydrogens (tertiary/aromatic N) is 4. The molecule has 0 saturated heterocycles. The van der Waals surface area contributed by atoms with Crippen molar-refractivity contribution in [3.8, 4) is 6.01 Å². The third-order valence-electron chi connectivity index (χ3n) is 3.01. The summed E-state index contributed by atoms with van der Waals surface area (Å²) in [6, 6.07) is 0.386. The van der Waals surface area contributed by atoms with Crippen molar-refractivity contribution < 1.29 is 4.74 Å². The van der Waals surface area contributed by atoms with Gasteiger partial charge in [-0.05, 0) is 26.7 Å². The third kappa shape index (κ3) is 6.14. The highest BCUT2D eigenvalue weighted by Crippen LogP contribution is 2.17. The first kappa shape index (κ1) is 17.5. The van der Waals surface area contributed by atoms with Crippen LogP contribution in [0.5, 0.6) is 6.01 Å². The summed E-state index contributed by atoms with van der Waals surface area (Å²) < 4.78 is 5.63. The monoisotopic (exact) mass is 295 g/mol. The Balaban J connectivity index is 2.97. The van der Waals surface area contributed by atoms with E-state index in [1.165, 1.54) is 0 Å². The summed E-state index contributed by atoms with van der Waals surface area (Å²) in [7, 11) is 1.81. The molecule has 1 aromatic heterocycles. The number of hydrogen-bond acceptors (Lipinski definition) is 6. The molecule has 1 aromatic rings. The quantitative estimate of drug-likeness (QED) is 0.715. The number of aromatic nitrogens is 3. The molecular formula is C15H29N5O. The van der Waals surface area contributed by atoms with E-state index in [0.29, 0.717) is 17.9 Å². The molecule has 0 bridgehead atoms. The Labute approximate surface area is 128 Å². The zero-order valence-electron chi connectivity index (χ0n) is 14.0. The van der Waals surface area contributed by atoms with E-state index in [0.717, 1.165) is 38.8 Å². The summed E-state index contributed by atoms with van der Waals surface area (Å²) in [5, 5.41) is 2.98. The lowest BCUT2D eigenvalue weighted by Gasteiger charge is -2.23. The second-order valence-corrected chi connectivity index (χ2v) is 5.35. The molecule has 1 N–H and O–H groups in total. The molecule has 21 heavy (non-hydrogen) atoms. The maximum absolute atomic E-state index is 5.63. The van der Waals surface area contributed by atoms with Gasteiger partial charge in [-0.2, -0.15) is 15.0 Å². The highest BCUT2D eigenvalue weighted by molar-refractivity contribution is 5.38. The molecule has 0 fully saturated rings. The van der Waals surface area contributed by atoms with Crippen LogP contribution in [0.25, 0.3) is 0 Å². The molecule has 0 amide bonds. The van der Waals surface area contributed by atoms with Crippen LogP contribution in [0.15, 0.2) is 0 Å². The summed E-state index contributed by atoms with van der Waals surface area (Å²) in [4.78, 5) is 15.4. The summed E-state index contributed by atoms with van der Waals surface area (Å²) in [6.45, 7) is 10.2. The Kier molecular flexibility index (Phi) is 7.79. The molecule has 1 heterocycles. The fourth-order valence-corrected chi connectivity index (χ4v) is 1.87. The molecule has 0 spiro atoms. The molecule has 120 valence electrons. The van der Waals surface area contributed by atoms with E-state index < -0.39 is 0 Å². The lowest BCUT2D eigenvalue weighted by atomic mass is 10.3. The second-order valence-electron chi connectivity index (χ2n) is 5.35. The summed E-state index contributed by atoms with van der Waals surface area (Å²) in [5.74, 6) is 1.25. The minimum atomic E-state index is 0.0460. The van der Waals surface area contributed by atoms with Crippen molar-refractivity contribution in [2.75, 3.05) is 30.4 Å². The maximum atomic E-state index is 5.63. The summed E-state index contributed by atoms with van der Waals surface area (Å²) in [6.07, 6.45) is 4.61. The van der Waals surface area contributed by atoms with E-state index in [2.05, 4.69) is 39.0 Å². The zero-order chi connectivity index (χ0) is 15.7. The van der Waals surface area contributed by atoms with Gasteiger partial charge in [-0.1, -0.05) is 26.7 Å². The number of rotatable bonds is 10. The highest BCUT2D eigenvalue weighted by Gasteiger charge is 2.14. The topological polar surface area (TPSA) is 63.2 Å².